The van der Waals surface area contributed by atoms with Crippen LogP contribution in [-0.2, 0) is 0 Å². The molecule has 4 nitrogen and oxygen atoms in total. The molecule has 1 aliphatic heterocycles. The normalized spacial score (nSPS) is 26.8. The van der Waals surface area contributed by atoms with Crippen molar-refractivity contribution in [1.29, 1.82) is 0 Å². The van der Waals surface area contributed by atoms with E-state index in [0.717, 1.165) is 25.3 Å². The average Bonchev–Trinajstić information content (AvgIpc) is 2.88. The number of hydrogen-bond acceptors (Lipinski definition) is 2. The molecule has 2 amide bonds. The lowest BCUT2D eigenvalue weighted by Crippen LogP contribution is -2.46. The summed E-state index contributed by atoms with van der Waals surface area (Å²) in [6.45, 7) is 6.22. The molecule has 2 rings (SSSR count). The third-order valence-electron chi connectivity index (χ3n) is 5.15. The van der Waals surface area contributed by atoms with Crippen LogP contribution in [0.1, 0.15) is 58.8 Å². The van der Waals surface area contributed by atoms with Crippen molar-refractivity contribution in [2.24, 2.45) is 17.8 Å². The molecule has 1 heterocycles. The molecular weight excluding hydrogens is 264 g/mol. The summed E-state index contributed by atoms with van der Waals surface area (Å²) >= 11 is 0. The first-order chi connectivity index (χ1) is 10.1. The summed E-state index contributed by atoms with van der Waals surface area (Å²) in [6, 6.07) is 0.608. The quantitative estimate of drug-likeness (QED) is 0.791. The molecular formula is C17H32N2O2. The number of fused-ring (bicyclic) bond motifs is 1. The summed E-state index contributed by atoms with van der Waals surface area (Å²) in [5.74, 6) is 1.74. The van der Waals surface area contributed by atoms with Crippen molar-refractivity contribution in [3.05, 3.63) is 0 Å². The first kappa shape index (κ1) is 16.6. The Balaban J connectivity index is 1.80. The van der Waals surface area contributed by atoms with Gasteiger partial charge in [0.15, 0.2) is 0 Å². The van der Waals surface area contributed by atoms with Crippen molar-refractivity contribution in [2.45, 2.75) is 64.8 Å². The monoisotopic (exact) mass is 296 g/mol. The van der Waals surface area contributed by atoms with E-state index in [1.807, 2.05) is 0 Å². The maximum absolute atomic E-state index is 12.4. The second kappa shape index (κ2) is 8.02. The Kier molecular flexibility index (Phi) is 6.34. The van der Waals surface area contributed by atoms with Crippen LogP contribution in [-0.4, -0.2) is 41.8 Å². The number of likely N-dealkylation sites (tertiary alicyclic amines) is 1. The summed E-state index contributed by atoms with van der Waals surface area (Å²) in [4.78, 5) is 14.5. The first-order valence-electron chi connectivity index (χ1n) is 8.77. The van der Waals surface area contributed by atoms with Gasteiger partial charge in [0.25, 0.3) is 0 Å². The number of carbonyl (C=O) groups is 1. The van der Waals surface area contributed by atoms with Crippen molar-refractivity contribution in [3.63, 3.8) is 0 Å². The Morgan fingerprint density at radius 1 is 1.29 bits per heavy atom. The molecule has 0 aromatic carbocycles. The van der Waals surface area contributed by atoms with Gasteiger partial charge < -0.3 is 15.3 Å². The van der Waals surface area contributed by atoms with Crippen molar-refractivity contribution >= 4 is 6.03 Å². The van der Waals surface area contributed by atoms with Crippen LogP contribution in [0.2, 0.25) is 0 Å². The zero-order chi connectivity index (χ0) is 15.2. The molecule has 2 fully saturated rings. The Labute approximate surface area is 129 Å². The lowest BCUT2D eigenvalue weighted by Gasteiger charge is -2.32. The molecule has 0 radical (unpaired) electrons. The molecule has 0 aromatic rings. The molecule has 3 atom stereocenters. The first-order valence-corrected chi connectivity index (χ1v) is 8.77. The standard InChI is InChI=1S/C17H32N2O2/c1-13(2)11-14(8-10-20)12-18-17(21)19-9-7-15-5-3-4-6-16(15)19/h13-16,20H,3-12H2,1-2H3,(H,18,21)/t14-,15+,16+/m0/s1. The van der Waals surface area contributed by atoms with Crippen molar-refractivity contribution in [3.8, 4) is 0 Å². The van der Waals surface area contributed by atoms with Gasteiger partial charge in [0.1, 0.15) is 0 Å². The molecule has 4 heteroatoms. The predicted octanol–water partition coefficient (Wildman–Crippen LogP) is 3.01. The third-order valence-corrected chi connectivity index (χ3v) is 5.15. The smallest absolute Gasteiger partial charge is 0.317 e. The van der Waals surface area contributed by atoms with Gasteiger partial charge in [0.05, 0.1) is 0 Å². The van der Waals surface area contributed by atoms with Crippen LogP contribution in [0, 0.1) is 17.8 Å². The van der Waals surface area contributed by atoms with Crippen molar-refractivity contribution in [2.75, 3.05) is 19.7 Å². The van der Waals surface area contributed by atoms with E-state index in [1.165, 1.54) is 32.1 Å². The predicted molar refractivity (Wildman–Crippen MR) is 85.1 cm³/mol. The zero-order valence-corrected chi connectivity index (χ0v) is 13.7. The fraction of sp³-hybridized carbons (Fsp3) is 0.941. The third kappa shape index (κ3) is 4.60. The highest BCUT2D eigenvalue weighted by atomic mass is 16.3. The fourth-order valence-electron chi connectivity index (χ4n) is 4.14. The largest absolute Gasteiger partial charge is 0.396 e. The Bertz CT molecular complexity index is 333. The van der Waals surface area contributed by atoms with E-state index in [-0.39, 0.29) is 12.6 Å². The molecule has 122 valence electrons. The fourth-order valence-corrected chi connectivity index (χ4v) is 4.14. The Hall–Kier alpha value is -0.770. The van der Waals surface area contributed by atoms with Crippen LogP contribution in [0.3, 0.4) is 0 Å². The minimum atomic E-state index is 0.121. The second-order valence-corrected chi connectivity index (χ2v) is 7.29. The topological polar surface area (TPSA) is 52.6 Å². The lowest BCUT2D eigenvalue weighted by molar-refractivity contribution is 0.166. The van der Waals surface area contributed by atoms with Crippen molar-refractivity contribution < 1.29 is 9.90 Å². The number of carbonyl (C=O) groups excluding carboxylic acids is 1. The number of aliphatic hydroxyl groups excluding tert-OH is 1. The van der Waals surface area contributed by atoms with E-state index in [4.69, 9.17) is 5.11 Å². The summed E-state index contributed by atoms with van der Waals surface area (Å²) in [5, 5.41) is 12.3. The van der Waals surface area contributed by atoms with Crippen molar-refractivity contribution in [1.82, 2.24) is 10.2 Å². The molecule has 2 aliphatic rings. The van der Waals surface area contributed by atoms with Crippen LogP contribution in [0.5, 0.6) is 0 Å². The van der Waals surface area contributed by atoms with Gasteiger partial charge in [0, 0.05) is 25.7 Å². The number of nitrogens with zero attached hydrogens (tertiary/aromatic N) is 1. The summed E-state index contributed by atoms with van der Waals surface area (Å²) in [6.07, 6.45) is 8.12. The van der Waals surface area contributed by atoms with Crippen LogP contribution < -0.4 is 5.32 Å². The maximum Gasteiger partial charge on any atom is 0.317 e. The van der Waals surface area contributed by atoms with Crippen LogP contribution in [0.25, 0.3) is 0 Å². The average molecular weight is 296 g/mol. The molecule has 0 aromatic heterocycles. The van der Waals surface area contributed by atoms with Crippen LogP contribution in [0.15, 0.2) is 0 Å². The summed E-state index contributed by atoms with van der Waals surface area (Å²) in [7, 11) is 0. The van der Waals surface area contributed by atoms with Crippen LogP contribution >= 0.6 is 0 Å². The zero-order valence-electron chi connectivity index (χ0n) is 13.7. The summed E-state index contributed by atoms with van der Waals surface area (Å²) < 4.78 is 0. The van der Waals surface area contributed by atoms with Gasteiger partial charge in [-0.15, -0.1) is 0 Å². The van der Waals surface area contributed by atoms with E-state index in [0.29, 0.717) is 24.4 Å². The highest BCUT2D eigenvalue weighted by Crippen LogP contribution is 2.36. The Morgan fingerprint density at radius 2 is 2.05 bits per heavy atom. The highest BCUT2D eigenvalue weighted by Gasteiger charge is 2.38. The van der Waals surface area contributed by atoms with Gasteiger partial charge in [-0.3, -0.25) is 0 Å². The number of urea groups is 1. The number of rotatable bonds is 6. The number of amides is 2. The van der Waals surface area contributed by atoms with Gasteiger partial charge in [-0.05, 0) is 49.9 Å². The second-order valence-electron chi connectivity index (χ2n) is 7.29. The number of aliphatic hydroxyl groups is 1. The van der Waals surface area contributed by atoms with E-state index in [2.05, 4.69) is 24.1 Å². The van der Waals surface area contributed by atoms with Gasteiger partial charge in [-0.2, -0.15) is 0 Å². The van der Waals surface area contributed by atoms with Gasteiger partial charge in [-0.25, -0.2) is 4.79 Å². The molecule has 21 heavy (non-hydrogen) atoms. The van der Waals surface area contributed by atoms with E-state index in [9.17, 15) is 4.79 Å². The molecule has 0 bridgehead atoms. The van der Waals surface area contributed by atoms with E-state index in [1.54, 1.807) is 0 Å². The number of hydrogen-bond donors (Lipinski definition) is 2. The number of nitrogens with one attached hydrogen (secondary N) is 1. The van der Waals surface area contributed by atoms with Crippen LogP contribution in [0.4, 0.5) is 4.79 Å². The van der Waals surface area contributed by atoms with Gasteiger partial charge in [0.2, 0.25) is 0 Å². The molecule has 0 unspecified atom stereocenters. The molecule has 1 saturated heterocycles. The summed E-state index contributed by atoms with van der Waals surface area (Å²) in [5.41, 5.74) is 0. The van der Waals surface area contributed by atoms with Gasteiger partial charge >= 0.3 is 6.03 Å². The minimum Gasteiger partial charge on any atom is -0.396 e. The molecule has 1 aliphatic carbocycles. The lowest BCUT2D eigenvalue weighted by atomic mass is 9.85. The van der Waals surface area contributed by atoms with Gasteiger partial charge in [-0.1, -0.05) is 26.7 Å². The maximum atomic E-state index is 12.4. The molecule has 1 saturated carbocycles. The highest BCUT2D eigenvalue weighted by molar-refractivity contribution is 5.75. The Morgan fingerprint density at radius 3 is 2.76 bits per heavy atom. The molecule has 0 spiro atoms. The SMILES string of the molecule is CC(C)C[C@H](CCO)CNC(=O)N1CC[C@H]2CCCC[C@H]21. The minimum absolute atomic E-state index is 0.121. The van der Waals surface area contributed by atoms with E-state index >= 15 is 0 Å². The van der Waals surface area contributed by atoms with E-state index < -0.39 is 0 Å². The molecule has 2 N–H and O–H groups in total.